The lowest BCUT2D eigenvalue weighted by Crippen LogP contribution is -2.38. The number of hydrogen-bond donors (Lipinski definition) is 1. The van der Waals surface area contributed by atoms with Crippen LogP contribution in [0.1, 0.15) is 37.0 Å². The van der Waals surface area contributed by atoms with Crippen molar-refractivity contribution in [1.82, 2.24) is 14.9 Å². The first-order valence-corrected chi connectivity index (χ1v) is 7.48. The predicted molar refractivity (Wildman–Crippen MR) is 80.3 cm³/mol. The second-order valence-electron chi connectivity index (χ2n) is 5.04. The fourth-order valence-electron chi connectivity index (χ4n) is 2.70. The Morgan fingerprint density at radius 1 is 1.50 bits per heavy atom. The number of halogens is 2. The Morgan fingerprint density at radius 2 is 2.30 bits per heavy atom. The molecule has 2 aromatic rings. The van der Waals surface area contributed by atoms with Gasteiger partial charge in [-0.15, -0.1) is 11.6 Å². The molecule has 2 unspecified atom stereocenters. The van der Waals surface area contributed by atoms with Crippen LogP contribution in [0.2, 0.25) is 5.02 Å². The van der Waals surface area contributed by atoms with Gasteiger partial charge in [-0.05, 0) is 38.0 Å². The van der Waals surface area contributed by atoms with Crippen LogP contribution in [0.3, 0.4) is 0 Å². The number of carbonyl (C=O) groups excluding carboxylic acids is 1. The summed E-state index contributed by atoms with van der Waals surface area (Å²) in [7, 11) is 0. The van der Waals surface area contributed by atoms with E-state index in [0.29, 0.717) is 10.8 Å². The molecule has 2 heterocycles. The summed E-state index contributed by atoms with van der Waals surface area (Å²) in [5, 5.41) is 3.26. The number of aromatic nitrogens is 2. The number of imidazole rings is 1. The number of alkyl halides is 1. The minimum absolute atomic E-state index is 0.0223. The Labute approximate surface area is 127 Å². The summed E-state index contributed by atoms with van der Waals surface area (Å²) in [6.45, 7) is 2.59. The van der Waals surface area contributed by atoms with Gasteiger partial charge >= 0.3 is 0 Å². The lowest BCUT2D eigenvalue weighted by molar-refractivity contribution is -0.125. The molecule has 1 saturated heterocycles. The van der Waals surface area contributed by atoms with Crippen molar-refractivity contribution in [3.8, 4) is 0 Å². The Balaban J connectivity index is 2.22. The second-order valence-corrected chi connectivity index (χ2v) is 6.13. The van der Waals surface area contributed by atoms with Crippen molar-refractivity contribution in [1.29, 1.82) is 0 Å². The molecule has 1 aliphatic heterocycles. The molecule has 1 aromatic heterocycles. The first-order valence-electron chi connectivity index (χ1n) is 6.67. The number of piperidine rings is 1. The highest BCUT2D eigenvalue weighted by molar-refractivity contribution is 6.31. The minimum Gasteiger partial charge on any atom is -0.354 e. The first-order chi connectivity index (χ1) is 9.58. The summed E-state index contributed by atoms with van der Waals surface area (Å²) in [6.07, 6.45) is 1.74. The van der Waals surface area contributed by atoms with Crippen molar-refractivity contribution in [2.24, 2.45) is 0 Å². The summed E-state index contributed by atoms with van der Waals surface area (Å²) in [5.74, 6) is 0.736. The van der Waals surface area contributed by atoms with Gasteiger partial charge in [0, 0.05) is 11.6 Å². The fraction of sp³-hybridized carbons (Fsp3) is 0.429. The van der Waals surface area contributed by atoms with Crippen LogP contribution in [0.4, 0.5) is 0 Å². The van der Waals surface area contributed by atoms with E-state index in [1.807, 2.05) is 23.6 Å². The molecule has 0 saturated carbocycles. The first kappa shape index (κ1) is 13.7. The third-order valence-corrected chi connectivity index (χ3v) is 4.03. The lowest BCUT2D eigenvalue weighted by atomic mass is 10.1. The maximum absolute atomic E-state index is 12.2. The zero-order valence-electron chi connectivity index (χ0n) is 11.1. The van der Waals surface area contributed by atoms with Crippen LogP contribution < -0.4 is 5.32 Å². The van der Waals surface area contributed by atoms with Crippen molar-refractivity contribution in [3.05, 3.63) is 29.0 Å². The summed E-state index contributed by atoms with van der Waals surface area (Å²) >= 11 is 12.3. The third-order valence-electron chi connectivity index (χ3n) is 3.60. The van der Waals surface area contributed by atoms with Gasteiger partial charge in [0.1, 0.15) is 11.9 Å². The Bertz CT molecular complexity index is 666. The number of fused-ring (bicyclic) bond motifs is 1. The highest BCUT2D eigenvalue weighted by Crippen LogP contribution is 2.32. The van der Waals surface area contributed by atoms with E-state index in [9.17, 15) is 4.79 Å². The van der Waals surface area contributed by atoms with E-state index in [2.05, 4.69) is 10.3 Å². The summed E-state index contributed by atoms with van der Waals surface area (Å²) < 4.78 is 1.94. The van der Waals surface area contributed by atoms with E-state index in [4.69, 9.17) is 23.2 Å². The van der Waals surface area contributed by atoms with Gasteiger partial charge in [-0.25, -0.2) is 4.98 Å². The van der Waals surface area contributed by atoms with Crippen LogP contribution >= 0.6 is 23.2 Å². The summed E-state index contributed by atoms with van der Waals surface area (Å²) in [5.41, 5.74) is 1.68. The highest BCUT2D eigenvalue weighted by atomic mass is 35.5. The molecule has 20 heavy (non-hydrogen) atoms. The van der Waals surface area contributed by atoms with Crippen LogP contribution in [0.5, 0.6) is 0 Å². The number of carbonyl (C=O) groups is 1. The largest absolute Gasteiger partial charge is 0.354 e. The number of hydrogen-bond acceptors (Lipinski definition) is 2. The molecule has 0 aliphatic carbocycles. The van der Waals surface area contributed by atoms with E-state index in [0.717, 1.165) is 30.4 Å². The zero-order chi connectivity index (χ0) is 14.3. The summed E-state index contributed by atoms with van der Waals surface area (Å²) in [6, 6.07) is 5.24. The Hall–Kier alpha value is -1.26. The molecule has 0 spiro atoms. The van der Waals surface area contributed by atoms with Crippen LogP contribution in [0, 0.1) is 0 Å². The summed E-state index contributed by atoms with van der Waals surface area (Å²) in [4.78, 5) is 16.7. The van der Waals surface area contributed by atoms with Gasteiger partial charge < -0.3 is 9.88 Å². The average Bonchev–Trinajstić information content (AvgIpc) is 2.78. The molecule has 0 bridgehead atoms. The molecular weight excluding hydrogens is 297 g/mol. The Morgan fingerprint density at radius 3 is 3.00 bits per heavy atom. The normalized spacial score (nSPS) is 20.9. The third kappa shape index (κ3) is 2.27. The van der Waals surface area contributed by atoms with Crippen molar-refractivity contribution < 1.29 is 4.79 Å². The van der Waals surface area contributed by atoms with Gasteiger partial charge in [-0.1, -0.05) is 11.6 Å². The smallest absolute Gasteiger partial charge is 0.243 e. The van der Waals surface area contributed by atoms with Crippen molar-refractivity contribution in [2.75, 3.05) is 6.54 Å². The molecule has 1 aliphatic rings. The van der Waals surface area contributed by atoms with Crippen LogP contribution in [-0.4, -0.2) is 22.0 Å². The van der Waals surface area contributed by atoms with E-state index in [1.165, 1.54) is 0 Å². The highest BCUT2D eigenvalue weighted by Gasteiger charge is 2.29. The number of rotatable bonds is 2. The van der Waals surface area contributed by atoms with Crippen LogP contribution in [-0.2, 0) is 4.79 Å². The molecule has 106 valence electrons. The van der Waals surface area contributed by atoms with Crippen LogP contribution in [0.15, 0.2) is 18.2 Å². The number of nitrogens with zero attached hydrogens (tertiary/aromatic N) is 2. The van der Waals surface area contributed by atoms with Gasteiger partial charge in [0.2, 0.25) is 5.91 Å². The number of amides is 1. The molecule has 1 fully saturated rings. The maximum Gasteiger partial charge on any atom is 0.243 e. The molecule has 1 amide bonds. The minimum atomic E-state index is -0.268. The SMILES string of the molecule is CC(Cl)c1nc2ccc(Cl)cc2n1C1CCCNC1=O. The van der Waals surface area contributed by atoms with Crippen molar-refractivity contribution >= 4 is 40.1 Å². The number of nitrogens with one attached hydrogen (secondary N) is 1. The molecule has 1 aromatic carbocycles. The van der Waals surface area contributed by atoms with Gasteiger partial charge in [0.15, 0.2) is 0 Å². The van der Waals surface area contributed by atoms with Gasteiger partial charge in [-0.3, -0.25) is 4.79 Å². The topological polar surface area (TPSA) is 46.9 Å². The molecular formula is C14H15Cl2N3O. The second kappa shape index (κ2) is 5.26. The van der Waals surface area contributed by atoms with Crippen molar-refractivity contribution in [3.63, 3.8) is 0 Å². The average molecular weight is 312 g/mol. The van der Waals surface area contributed by atoms with E-state index in [1.54, 1.807) is 6.07 Å². The molecule has 0 radical (unpaired) electrons. The van der Waals surface area contributed by atoms with Crippen LogP contribution in [0.25, 0.3) is 11.0 Å². The maximum atomic E-state index is 12.2. The molecule has 4 nitrogen and oxygen atoms in total. The van der Waals surface area contributed by atoms with E-state index >= 15 is 0 Å². The molecule has 6 heteroatoms. The molecule has 2 atom stereocenters. The van der Waals surface area contributed by atoms with Crippen molar-refractivity contribution in [2.45, 2.75) is 31.2 Å². The van der Waals surface area contributed by atoms with E-state index < -0.39 is 0 Å². The van der Waals surface area contributed by atoms with Gasteiger partial charge in [-0.2, -0.15) is 0 Å². The molecule has 3 rings (SSSR count). The quantitative estimate of drug-likeness (QED) is 0.864. The molecule has 1 N–H and O–H groups in total. The van der Waals surface area contributed by atoms with Gasteiger partial charge in [0.25, 0.3) is 0 Å². The van der Waals surface area contributed by atoms with Gasteiger partial charge in [0.05, 0.1) is 16.4 Å². The number of benzene rings is 1. The lowest BCUT2D eigenvalue weighted by Gasteiger charge is -2.25. The fourth-order valence-corrected chi connectivity index (χ4v) is 3.02. The predicted octanol–water partition coefficient (Wildman–Crippen LogP) is 3.44. The standard InChI is InChI=1S/C14H15Cl2N3O/c1-8(15)13-18-10-5-4-9(16)7-12(10)19(13)11-3-2-6-17-14(11)20/h4-5,7-8,11H,2-3,6H2,1H3,(H,17,20). The van der Waals surface area contributed by atoms with E-state index in [-0.39, 0.29) is 17.3 Å². The Kier molecular flexibility index (Phi) is 3.61. The monoisotopic (exact) mass is 311 g/mol. The zero-order valence-corrected chi connectivity index (χ0v) is 12.6.